The molecule has 0 fully saturated rings. The second-order valence-electron chi connectivity index (χ2n) is 2.54. The molecule has 0 bridgehead atoms. The fourth-order valence-corrected chi connectivity index (χ4v) is 1.34. The zero-order valence-corrected chi connectivity index (χ0v) is 9.00. The average Bonchev–Trinajstić information content (AvgIpc) is 2.20. The second-order valence-corrected chi connectivity index (χ2v) is 3.32. The van der Waals surface area contributed by atoms with Crippen LogP contribution in [0, 0.1) is 10.1 Å². The van der Waals surface area contributed by atoms with E-state index in [9.17, 15) is 14.9 Å². The predicted octanol–water partition coefficient (Wildman–Crippen LogP) is 2.69. The standard InChI is InChI=1S/C8H5Cl2NO4/c1-15-8(12)5-2-4(11(13)14)3-6(9)7(5)10/h2-3H,1H3. The lowest BCUT2D eigenvalue weighted by atomic mass is 10.2. The topological polar surface area (TPSA) is 69.4 Å². The molecule has 0 unspecified atom stereocenters. The number of methoxy groups -OCH3 is 1. The van der Waals surface area contributed by atoms with Crippen LogP contribution < -0.4 is 0 Å². The number of nitro benzene ring substituents is 1. The van der Waals surface area contributed by atoms with Crippen molar-refractivity contribution in [3.05, 3.63) is 37.9 Å². The van der Waals surface area contributed by atoms with Crippen molar-refractivity contribution >= 4 is 34.9 Å². The Bertz CT molecular complexity index is 433. The number of ether oxygens (including phenoxy) is 1. The van der Waals surface area contributed by atoms with Crippen LogP contribution >= 0.6 is 23.2 Å². The third-order valence-corrected chi connectivity index (χ3v) is 2.43. The number of nitrogens with zero attached hydrogens (tertiary/aromatic N) is 1. The summed E-state index contributed by atoms with van der Waals surface area (Å²) in [4.78, 5) is 21.0. The molecule has 0 spiro atoms. The summed E-state index contributed by atoms with van der Waals surface area (Å²) in [6, 6.07) is 2.08. The molecule has 7 heteroatoms. The first-order valence-corrected chi connectivity index (χ1v) is 4.44. The van der Waals surface area contributed by atoms with Gasteiger partial charge in [-0.3, -0.25) is 10.1 Å². The summed E-state index contributed by atoms with van der Waals surface area (Å²) in [7, 11) is 1.14. The molecular weight excluding hydrogens is 245 g/mol. The van der Waals surface area contributed by atoms with Gasteiger partial charge in [-0.25, -0.2) is 4.79 Å². The minimum absolute atomic E-state index is 0.0610. The summed E-state index contributed by atoms with van der Waals surface area (Å²) in [5.74, 6) is -0.773. The summed E-state index contributed by atoms with van der Waals surface area (Å²) in [6.07, 6.45) is 0. The lowest BCUT2D eigenvalue weighted by molar-refractivity contribution is -0.384. The zero-order valence-electron chi connectivity index (χ0n) is 7.49. The lowest BCUT2D eigenvalue weighted by Crippen LogP contribution is -2.03. The number of esters is 1. The first-order chi connectivity index (χ1) is 6.97. The van der Waals surface area contributed by atoms with Crippen LogP contribution in [0.5, 0.6) is 0 Å². The predicted molar refractivity (Wildman–Crippen MR) is 54.5 cm³/mol. The third-order valence-electron chi connectivity index (χ3n) is 1.63. The maximum atomic E-state index is 11.2. The summed E-state index contributed by atoms with van der Waals surface area (Å²) < 4.78 is 4.40. The van der Waals surface area contributed by atoms with Crippen LogP contribution in [0.2, 0.25) is 10.0 Å². The van der Waals surface area contributed by atoms with Gasteiger partial charge in [-0.2, -0.15) is 0 Å². The van der Waals surface area contributed by atoms with Crippen molar-refractivity contribution < 1.29 is 14.5 Å². The summed E-state index contributed by atoms with van der Waals surface area (Å²) >= 11 is 11.3. The molecule has 0 radical (unpaired) electrons. The highest BCUT2D eigenvalue weighted by atomic mass is 35.5. The van der Waals surface area contributed by atoms with Crippen LogP contribution in [0.4, 0.5) is 5.69 Å². The molecule has 80 valence electrons. The van der Waals surface area contributed by atoms with Gasteiger partial charge in [-0.15, -0.1) is 0 Å². The molecule has 1 aromatic carbocycles. The molecule has 0 saturated heterocycles. The van der Waals surface area contributed by atoms with Gasteiger partial charge < -0.3 is 4.74 Å². The van der Waals surface area contributed by atoms with E-state index < -0.39 is 10.9 Å². The van der Waals surface area contributed by atoms with E-state index in [1.54, 1.807) is 0 Å². The Balaban J connectivity index is 3.37. The molecule has 15 heavy (non-hydrogen) atoms. The number of nitro groups is 1. The Morgan fingerprint density at radius 3 is 2.53 bits per heavy atom. The highest BCUT2D eigenvalue weighted by Crippen LogP contribution is 2.31. The normalized spacial score (nSPS) is 9.80. The van der Waals surface area contributed by atoms with Gasteiger partial charge in [-0.1, -0.05) is 23.2 Å². The molecule has 5 nitrogen and oxygen atoms in total. The van der Waals surface area contributed by atoms with Crippen LogP contribution in [-0.2, 0) is 4.74 Å². The lowest BCUT2D eigenvalue weighted by Gasteiger charge is -2.03. The molecule has 0 N–H and O–H groups in total. The summed E-state index contributed by atoms with van der Waals surface area (Å²) in [5.41, 5.74) is -0.442. The van der Waals surface area contributed by atoms with E-state index in [1.165, 1.54) is 0 Å². The van der Waals surface area contributed by atoms with E-state index in [-0.39, 0.29) is 21.3 Å². The van der Waals surface area contributed by atoms with Gasteiger partial charge in [0, 0.05) is 12.1 Å². The Labute approximate surface area is 94.7 Å². The average molecular weight is 250 g/mol. The highest BCUT2D eigenvalue weighted by Gasteiger charge is 2.19. The molecule has 0 saturated carbocycles. The molecule has 0 aliphatic rings. The zero-order chi connectivity index (χ0) is 11.6. The third kappa shape index (κ3) is 2.37. The van der Waals surface area contributed by atoms with Crippen molar-refractivity contribution in [2.75, 3.05) is 7.11 Å². The monoisotopic (exact) mass is 249 g/mol. The van der Waals surface area contributed by atoms with Crippen molar-refractivity contribution in [3.8, 4) is 0 Å². The van der Waals surface area contributed by atoms with Crippen LogP contribution in [-0.4, -0.2) is 18.0 Å². The van der Waals surface area contributed by atoms with Gasteiger partial charge in [0.1, 0.15) is 0 Å². The Kier molecular flexibility index (Phi) is 3.49. The number of rotatable bonds is 2. The van der Waals surface area contributed by atoms with Crippen molar-refractivity contribution in [1.82, 2.24) is 0 Å². The van der Waals surface area contributed by atoms with Crippen LogP contribution in [0.1, 0.15) is 10.4 Å². The first kappa shape index (κ1) is 11.7. The van der Waals surface area contributed by atoms with E-state index in [4.69, 9.17) is 23.2 Å². The molecule has 1 aromatic rings. The van der Waals surface area contributed by atoms with Crippen LogP contribution in [0.25, 0.3) is 0 Å². The first-order valence-electron chi connectivity index (χ1n) is 3.69. The Hall–Kier alpha value is -1.33. The van der Waals surface area contributed by atoms with Gasteiger partial charge in [0.2, 0.25) is 0 Å². The minimum atomic E-state index is -0.773. The van der Waals surface area contributed by atoms with E-state index in [0.29, 0.717) is 0 Å². The SMILES string of the molecule is COC(=O)c1cc([N+](=O)[O-])cc(Cl)c1Cl. The van der Waals surface area contributed by atoms with E-state index in [2.05, 4.69) is 4.74 Å². The Morgan fingerprint density at radius 2 is 2.07 bits per heavy atom. The molecule has 0 amide bonds. The van der Waals surface area contributed by atoms with Crippen molar-refractivity contribution in [2.45, 2.75) is 0 Å². The van der Waals surface area contributed by atoms with E-state index in [1.807, 2.05) is 0 Å². The van der Waals surface area contributed by atoms with Gasteiger partial charge >= 0.3 is 5.97 Å². The smallest absolute Gasteiger partial charge is 0.339 e. The molecule has 0 heterocycles. The van der Waals surface area contributed by atoms with Gasteiger partial charge in [0.25, 0.3) is 5.69 Å². The van der Waals surface area contributed by atoms with Gasteiger partial charge in [0.15, 0.2) is 0 Å². The summed E-state index contributed by atoms with van der Waals surface area (Å²) in [5, 5.41) is 10.4. The molecule has 0 aliphatic heterocycles. The minimum Gasteiger partial charge on any atom is -0.465 e. The number of hydrogen-bond acceptors (Lipinski definition) is 4. The number of benzene rings is 1. The number of non-ortho nitro benzene ring substituents is 1. The van der Waals surface area contributed by atoms with E-state index >= 15 is 0 Å². The number of carbonyl (C=O) groups excluding carboxylic acids is 1. The van der Waals surface area contributed by atoms with Crippen molar-refractivity contribution in [3.63, 3.8) is 0 Å². The van der Waals surface area contributed by atoms with E-state index in [0.717, 1.165) is 19.2 Å². The molecule has 0 atom stereocenters. The van der Waals surface area contributed by atoms with Crippen molar-refractivity contribution in [1.29, 1.82) is 0 Å². The van der Waals surface area contributed by atoms with Crippen LogP contribution in [0.3, 0.4) is 0 Å². The van der Waals surface area contributed by atoms with Crippen molar-refractivity contribution in [2.24, 2.45) is 0 Å². The maximum Gasteiger partial charge on any atom is 0.339 e. The second kappa shape index (κ2) is 4.46. The number of carbonyl (C=O) groups is 1. The molecule has 0 aliphatic carbocycles. The van der Waals surface area contributed by atoms with Crippen LogP contribution in [0.15, 0.2) is 12.1 Å². The molecule has 0 aromatic heterocycles. The largest absolute Gasteiger partial charge is 0.465 e. The highest BCUT2D eigenvalue weighted by molar-refractivity contribution is 6.43. The van der Waals surface area contributed by atoms with Gasteiger partial charge in [-0.05, 0) is 0 Å². The quantitative estimate of drug-likeness (QED) is 0.459. The molecule has 1 rings (SSSR count). The fourth-order valence-electron chi connectivity index (χ4n) is 0.939. The molecular formula is C8H5Cl2NO4. The maximum absolute atomic E-state index is 11.2. The number of halogens is 2. The number of hydrogen-bond donors (Lipinski definition) is 0. The Morgan fingerprint density at radius 1 is 1.47 bits per heavy atom. The van der Waals surface area contributed by atoms with Gasteiger partial charge in [0.05, 0.1) is 27.6 Å². The fraction of sp³-hybridized carbons (Fsp3) is 0.125. The summed E-state index contributed by atoms with van der Waals surface area (Å²) in [6.45, 7) is 0.